The summed E-state index contributed by atoms with van der Waals surface area (Å²) in [5, 5.41) is 23.2. The van der Waals surface area contributed by atoms with Crippen molar-refractivity contribution in [2.75, 3.05) is 26.2 Å². The molecular weight excluding hydrogens is 274 g/mol. The minimum Gasteiger partial charge on any atom is -0.506 e. The average Bonchev–Trinajstić information content (AvgIpc) is 2.59. The van der Waals surface area contributed by atoms with Crippen LogP contribution in [-0.4, -0.2) is 36.2 Å². The Balaban J connectivity index is 1.95. The molecule has 0 bridgehead atoms. The molecule has 1 aromatic rings. The van der Waals surface area contributed by atoms with Crippen LogP contribution in [0.5, 0.6) is 5.75 Å². The van der Waals surface area contributed by atoms with Gasteiger partial charge in [-0.25, -0.2) is 0 Å². The van der Waals surface area contributed by atoms with Crippen molar-refractivity contribution in [2.24, 2.45) is 5.92 Å². The third kappa shape index (κ3) is 3.11. The van der Waals surface area contributed by atoms with Crippen molar-refractivity contribution in [1.82, 2.24) is 10.2 Å². The summed E-state index contributed by atoms with van der Waals surface area (Å²) in [6.45, 7) is 4.03. The number of phenols is 1. The van der Waals surface area contributed by atoms with Gasteiger partial charge in [0.1, 0.15) is 11.8 Å². The maximum Gasteiger partial charge on any atom is 0.138 e. The molecule has 2 fully saturated rings. The van der Waals surface area contributed by atoms with Crippen molar-refractivity contribution in [1.29, 1.82) is 5.26 Å². The second kappa shape index (κ2) is 7.13. The highest BCUT2D eigenvalue weighted by Crippen LogP contribution is 2.42. The van der Waals surface area contributed by atoms with Gasteiger partial charge in [0.15, 0.2) is 0 Å². The lowest BCUT2D eigenvalue weighted by molar-refractivity contribution is 0.101. The van der Waals surface area contributed by atoms with Crippen LogP contribution in [0, 0.1) is 17.2 Å². The SMILES string of the molecule is N#Cc1cccc([C@@H](C2CCCCC2)N2CCNCC2)c1O. The van der Waals surface area contributed by atoms with E-state index in [-0.39, 0.29) is 11.8 Å². The zero-order valence-corrected chi connectivity index (χ0v) is 13.1. The van der Waals surface area contributed by atoms with Gasteiger partial charge in [-0.3, -0.25) is 4.90 Å². The maximum absolute atomic E-state index is 10.6. The van der Waals surface area contributed by atoms with Crippen molar-refractivity contribution in [3.63, 3.8) is 0 Å². The van der Waals surface area contributed by atoms with Gasteiger partial charge in [0.2, 0.25) is 0 Å². The number of hydrogen-bond acceptors (Lipinski definition) is 4. The molecule has 22 heavy (non-hydrogen) atoms. The third-order valence-corrected chi connectivity index (χ3v) is 5.15. The maximum atomic E-state index is 10.6. The summed E-state index contributed by atoms with van der Waals surface area (Å²) in [5.74, 6) is 0.783. The molecule has 0 aromatic heterocycles. The van der Waals surface area contributed by atoms with E-state index in [4.69, 9.17) is 0 Å². The van der Waals surface area contributed by atoms with E-state index < -0.39 is 0 Å². The number of rotatable bonds is 3. The lowest BCUT2D eigenvalue weighted by atomic mass is 9.79. The molecule has 1 saturated carbocycles. The van der Waals surface area contributed by atoms with Crippen LogP contribution < -0.4 is 5.32 Å². The minimum absolute atomic E-state index is 0.194. The Labute approximate surface area is 132 Å². The number of nitrogens with zero attached hydrogens (tertiary/aromatic N) is 2. The summed E-state index contributed by atoms with van der Waals surface area (Å²) < 4.78 is 0. The number of phenolic OH excluding ortho intramolecular Hbond substituents is 1. The highest BCUT2D eigenvalue weighted by molar-refractivity contribution is 5.49. The van der Waals surface area contributed by atoms with E-state index in [1.165, 1.54) is 32.1 Å². The predicted octanol–water partition coefficient (Wildman–Crippen LogP) is 2.79. The summed E-state index contributed by atoms with van der Waals surface area (Å²) in [4.78, 5) is 2.50. The standard InChI is InChI=1S/C18H25N3O/c19-13-15-7-4-8-16(18(15)22)17(14-5-2-1-3-6-14)21-11-9-20-10-12-21/h4,7-8,14,17,20,22H,1-3,5-6,9-12H2/t17-/m1/s1. The van der Waals surface area contributed by atoms with Crippen LogP contribution in [0.15, 0.2) is 18.2 Å². The first-order valence-corrected chi connectivity index (χ1v) is 8.48. The Morgan fingerprint density at radius 3 is 2.59 bits per heavy atom. The normalized spacial score (nSPS) is 22.1. The van der Waals surface area contributed by atoms with Gasteiger partial charge >= 0.3 is 0 Å². The number of piperazine rings is 1. The van der Waals surface area contributed by atoms with E-state index in [0.717, 1.165) is 31.7 Å². The first-order valence-electron chi connectivity index (χ1n) is 8.48. The Morgan fingerprint density at radius 1 is 1.18 bits per heavy atom. The third-order valence-electron chi connectivity index (χ3n) is 5.15. The van der Waals surface area contributed by atoms with E-state index in [1.54, 1.807) is 6.07 Å². The summed E-state index contributed by atoms with van der Waals surface area (Å²) in [5.41, 5.74) is 1.35. The molecule has 2 N–H and O–H groups in total. The van der Waals surface area contributed by atoms with Crippen LogP contribution in [0.4, 0.5) is 0 Å². The zero-order valence-electron chi connectivity index (χ0n) is 13.1. The molecule has 1 aliphatic carbocycles. The number of nitrogens with one attached hydrogen (secondary N) is 1. The topological polar surface area (TPSA) is 59.3 Å². The van der Waals surface area contributed by atoms with Crippen LogP contribution >= 0.6 is 0 Å². The van der Waals surface area contributed by atoms with E-state index in [2.05, 4.69) is 16.3 Å². The van der Waals surface area contributed by atoms with Crippen LogP contribution in [0.3, 0.4) is 0 Å². The molecule has 1 heterocycles. The van der Waals surface area contributed by atoms with Gasteiger partial charge in [0.25, 0.3) is 0 Å². The monoisotopic (exact) mass is 299 g/mol. The molecule has 0 spiro atoms. The van der Waals surface area contributed by atoms with E-state index >= 15 is 0 Å². The van der Waals surface area contributed by atoms with Gasteiger partial charge in [-0.15, -0.1) is 0 Å². The summed E-state index contributed by atoms with van der Waals surface area (Å²) >= 11 is 0. The lowest BCUT2D eigenvalue weighted by Gasteiger charge is -2.41. The highest BCUT2D eigenvalue weighted by atomic mass is 16.3. The minimum atomic E-state index is 0.194. The number of nitriles is 1. The summed E-state index contributed by atoms with van der Waals surface area (Å²) in [6, 6.07) is 7.98. The largest absolute Gasteiger partial charge is 0.506 e. The first kappa shape index (κ1) is 15.3. The molecule has 2 aliphatic rings. The van der Waals surface area contributed by atoms with E-state index in [1.807, 2.05) is 12.1 Å². The Bertz CT molecular complexity index is 522. The number of hydrogen-bond donors (Lipinski definition) is 2. The molecule has 1 aliphatic heterocycles. The predicted molar refractivity (Wildman–Crippen MR) is 86.6 cm³/mol. The second-order valence-electron chi connectivity index (χ2n) is 6.48. The van der Waals surface area contributed by atoms with Gasteiger partial charge in [0.05, 0.1) is 5.56 Å². The molecule has 1 atom stereocenters. The zero-order chi connectivity index (χ0) is 15.4. The summed E-state index contributed by atoms with van der Waals surface area (Å²) in [7, 11) is 0. The molecule has 0 unspecified atom stereocenters. The van der Waals surface area contributed by atoms with Gasteiger partial charge in [-0.1, -0.05) is 31.4 Å². The Hall–Kier alpha value is -1.57. The summed E-state index contributed by atoms with van der Waals surface area (Å²) in [6.07, 6.45) is 6.35. The molecular formula is C18H25N3O. The van der Waals surface area contributed by atoms with Gasteiger partial charge < -0.3 is 10.4 Å². The fourth-order valence-corrected chi connectivity index (χ4v) is 4.05. The van der Waals surface area contributed by atoms with Crippen molar-refractivity contribution in [3.8, 4) is 11.8 Å². The van der Waals surface area contributed by atoms with E-state index in [9.17, 15) is 10.4 Å². The van der Waals surface area contributed by atoms with E-state index in [0.29, 0.717) is 11.5 Å². The van der Waals surface area contributed by atoms with Crippen LogP contribution in [0.1, 0.15) is 49.3 Å². The lowest BCUT2D eigenvalue weighted by Crippen LogP contribution is -2.47. The molecule has 118 valence electrons. The Morgan fingerprint density at radius 2 is 1.91 bits per heavy atom. The molecule has 4 nitrogen and oxygen atoms in total. The van der Waals surface area contributed by atoms with Gasteiger partial charge in [-0.05, 0) is 24.8 Å². The fraction of sp³-hybridized carbons (Fsp3) is 0.611. The number of aromatic hydroxyl groups is 1. The number of benzene rings is 1. The quantitative estimate of drug-likeness (QED) is 0.901. The van der Waals surface area contributed by atoms with Crippen molar-refractivity contribution < 1.29 is 5.11 Å². The van der Waals surface area contributed by atoms with Gasteiger partial charge in [0, 0.05) is 37.8 Å². The van der Waals surface area contributed by atoms with Crippen LogP contribution in [0.25, 0.3) is 0 Å². The second-order valence-corrected chi connectivity index (χ2v) is 6.48. The van der Waals surface area contributed by atoms with Crippen LogP contribution in [0.2, 0.25) is 0 Å². The molecule has 3 rings (SSSR count). The molecule has 0 radical (unpaired) electrons. The Kier molecular flexibility index (Phi) is 4.97. The molecule has 1 saturated heterocycles. The average molecular weight is 299 g/mol. The van der Waals surface area contributed by atoms with Crippen molar-refractivity contribution >= 4 is 0 Å². The van der Waals surface area contributed by atoms with Crippen molar-refractivity contribution in [3.05, 3.63) is 29.3 Å². The number of para-hydroxylation sites is 1. The smallest absolute Gasteiger partial charge is 0.138 e. The van der Waals surface area contributed by atoms with Gasteiger partial charge in [-0.2, -0.15) is 5.26 Å². The molecule has 4 heteroatoms. The van der Waals surface area contributed by atoms with Crippen molar-refractivity contribution in [2.45, 2.75) is 38.1 Å². The molecule has 1 aromatic carbocycles. The first-order chi connectivity index (χ1) is 10.8. The van der Waals surface area contributed by atoms with Crippen LogP contribution in [-0.2, 0) is 0 Å². The molecule has 0 amide bonds. The highest BCUT2D eigenvalue weighted by Gasteiger charge is 2.32. The fourth-order valence-electron chi connectivity index (χ4n) is 4.05.